The summed E-state index contributed by atoms with van der Waals surface area (Å²) in [5.74, 6) is 6.88. The number of hydrogen-bond donors (Lipinski definition) is 1. The Bertz CT molecular complexity index is 1010. The monoisotopic (exact) mass is 678 g/mol. The lowest BCUT2D eigenvalue weighted by molar-refractivity contribution is -0.103. The van der Waals surface area contributed by atoms with Crippen LogP contribution in [0.1, 0.15) is 208 Å². The van der Waals surface area contributed by atoms with Gasteiger partial charge in [0.05, 0.1) is 6.10 Å². The van der Waals surface area contributed by atoms with Gasteiger partial charge in [-0.2, -0.15) is 0 Å². The van der Waals surface area contributed by atoms with Crippen LogP contribution in [0, 0.1) is 52.3 Å². The van der Waals surface area contributed by atoms with Gasteiger partial charge in [-0.05, 0) is 155 Å². The minimum atomic E-state index is 0.537. The zero-order chi connectivity index (χ0) is 34.3. The fraction of sp³-hybridized carbons (Fsp3) is 0.957. The fourth-order valence-electron chi connectivity index (χ4n) is 13.5. The summed E-state index contributed by atoms with van der Waals surface area (Å²) in [6.07, 6.45) is 41.9. The maximum absolute atomic E-state index is 6.34. The minimum Gasteiger partial charge on any atom is -0.378 e. The zero-order valence-electron chi connectivity index (χ0n) is 33.6. The average Bonchev–Trinajstić information content (AvgIpc) is 3.60. The Morgan fingerprint density at radius 3 is 2.22 bits per heavy atom. The van der Waals surface area contributed by atoms with E-state index in [1.807, 2.05) is 5.57 Å². The van der Waals surface area contributed by atoms with E-state index < -0.39 is 0 Å². The molecule has 6 aliphatic rings. The van der Waals surface area contributed by atoms with Crippen LogP contribution in [0.4, 0.5) is 0 Å². The lowest BCUT2D eigenvalue weighted by Gasteiger charge is -2.60. The van der Waals surface area contributed by atoms with E-state index in [9.17, 15) is 0 Å². The number of ether oxygens (including phenoxy) is 1. The first kappa shape index (κ1) is 38.4. The Balaban J connectivity index is 0.891. The molecule has 49 heavy (non-hydrogen) atoms. The second kappa shape index (κ2) is 18.1. The molecular weight excluding hydrogens is 595 g/mol. The first-order valence-corrected chi connectivity index (χ1v) is 22.9. The summed E-state index contributed by atoms with van der Waals surface area (Å²) in [7, 11) is 0. The summed E-state index contributed by atoms with van der Waals surface area (Å²) in [5, 5.41) is 3.76. The maximum Gasteiger partial charge on any atom is 0.0604 e. The van der Waals surface area contributed by atoms with Gasteiger partial charge in [-0.1, -0.05) is 117 Å². The van der Waals surface area contributed by atoms with Crippen LogP contribution in [0.2, 0.25) is 0 Å². The third-order valence-electron chi connectivity index (χ3n) is 17.1. The highest BCUT2D eigenvalue weighted by Gasteiger charge is 2.59. The SMILES string of the molecule is CCCCCCCC(CCCCCCOC1CC2CCC(C1)N2)C(C)CCC/C=C1\CC[C@@]2(C)C(CCC3C2CC[C@@]2(C)C3CC[C@@H]2C)C1. The summed E-state index contributed by atoms with van der Waals surface area (Å²) in [5.41, 5.74) is 3.15. The van der Waals surface area contributed by atoms with E-state index in [0.29, 0.717) is 16.9 Å². The molecule has 282 valence electrons. The van der Waals surface area contributed by atoms with Crippen LogP contribution in [0.25, 0.3) is 0 Å². The van der Waals surface area contributed by atoms with Crippen LogP contribution >= 0.6 is 0 Å². The normalized spacial score (nSPS) is 40.6. The maximum atomic E-state index is 6.34. The number of unbranched alkanes of at least 4 members (excludes halogenated alkanes) is 8. The lowest BCUT2D eigenvalue weighted by atomic mass is 9.44. The summed E-state index contributed by atoms with van der Waals surface area (Å²) < 4.78 is 6.34. The van der Waals surface area contributed by atoms with E-state index in [1.165, 1.54) is 161 Å². The molecular formula is C47H83NO. The van der Waals surface area contributed by atoms with Crippen LogP contribution in [-0.4, -0.2) is 24.8 Å². The Kier molecular flexibility index (Phi) is 14.2. The van der Waals surface area contributed by atoms with Crippen LogP contribution in [0.15, 0.2) is 11.6 Å². The van der Waals surface area contributed by atoms with E-state index in [2.05, 4.69) is 46.0 Å². The molecule has 6 fully saturated rings. The first-order chi connectivity index (χ1) is 23.8. The molecule has 2 heterocycles. The molecule has 1 N–H and O–H groups in total. The molecule has 2 bridgehead atoms. The van der Waals surface area contributed by atoms with Crippen molar-refractivity contribution in [1.29, 1.82) is 0 Å². The summed E-state index contributed by atoms with van der Waals surface area (Å²) in [6.45, 7) is 14.0. The minimum absolute atomic E-state index is 0.537. The average molecular weight is 678 g/mol. The second-order valence-electron chi connectivity index (χ2n) is 19.9. The zero-order valence-corrected chi connectivity index (χ0v) is 33.6. The third kappa shape index (κ3) is 9.43. The summed E-state index contributed by atoms with van der Waals surface area (Å²) in [6, 6.07) is 1.50. The highest BCUT2D eigenvalue weighted by atomic mass is 16.5. The van der Waals surface area contributed by atoms with Crippen molar-refractivity contribution in [2.45, 2.75) is 226 Å². The molecule has 4 saturated carbocycles. The van der Waals surface area contributed by atoms with E-state index in [0.717, 1.165) is 60.1 Å². The highest BCUT2D eigenvalue weighted by molar-refractivity contribution is 5.15. The van der Waals surface area contributed by atoms with E-state index in [1.54, 1.807) is 12.8 Å². The number of rotatable bonds is 19. The predicted molar refractivity (Wildman–Crippen MR) is 211 cm³/mol. The standard InChI is InChI=1S/C47H83NO/c1-6-7-8-9-12-19-38(20-13-10-11-16-31-49-42-33-40-23-24-41(34-42)48-40)35(2)17-14-15-18-37-27-29-47(5)39(32-37)22-25-43-44-26-21-36(3)46(44,4)30-28-45(43)47/h18,35-36,38-45,48H,6-17,19-34H2,1-5H3/b37-18+/t35?,36-,38?,39?,40?,41?,42?,43?,44?,45?,46+,47-/m0/s1. The van der Waals surface area contributed by atoms with Crippen molar-refractivity contribution >= 4 is 0 Å². The van der Waals surface area contributed by atoms with Crippen LogP contribution in [0.3, 0.4) is 0 Å². The Morgan fingerprint density at radius 2 is 1.47 bits per heavy atom. The molecule has 11 atom stereocenters. The molecule has 0 aromatic heterocycles. The van der Waals surface area contributed by atoms with Crippen molar-refractivity contribution in [2.24, 2.45) is 52.3 Å². The Hall–Kier alpha value is -0.340. The van der Waals surface area contributed by atoms with E-state index in [-0.39, 0.29) is 0 Å². The molecule has 2 aliphatic heterocycles. The van der Waals surface area contributed by atoms with Gasteiger partial charge >= 0.3 is 0 Å². The van der Waals surface area contributed by atoms with Gasteiger partial charge in [-0.3, -0.25) is 0 Å². The van der Waals surface area contributed by atoms with Gasteiger partial charge in [0, 0.05) is 18.7 Å². The van der Waals surface area contributed by atoms with Crippen molar-refractivity contribution in [3.05, 3.63) is 11.6 Å². The Labute approximate surface area is 305 Å². The first-order valence-electron chi connectivity index (χ1n) is 22.9. The predicted octanol–water partition coefficient (Wildman–Crippen LogP) is 13.6. The van der Waals surface area contributed by atoms with Crippen molar-refractivity contribution in [3.8, 4) is 0 Å². The summed E-state index contributed by atoms with van der Waals surface area (Å²) in [4.78, 5) is 0. The van der Waals surface area contributed by atoms with Gasteiger partial charge in [0.1, 0.15) is 0 Å². The molecule has 0 spiro atoms. The van der Waals surface area contributed by atoms with Gasteiger partial charge in [0.15, 0.2) is 0 Å². The molecule has 6 rings (SSSR count). The highest BCUT2D eigenvalue weighted by Crippen LogP contribution is 2.67. The van der Waals surface area contributed by atoms with E-state index in [4.69, 9.17) is 4.74 Å². The van der Waals surface area contributed by atoms with E-state index >= 15 is 0 Å². The van der Waals surface area contributed by atoms with Gasteiger partial charge in [0.2, 0.25) is 0 Å². The van der Waals surface area contributed by atoms with Gasteiger partial charge in [0.25, 0.3) is 0 Å². The number of allylic oxidation sites excluding steroid dienone is 2. The molecule has 0 aromatic rings. The number of hydrogen-bond acceptors (Lipinski definition) is 2. The van der Waals surface area contributed by atoms with Crippen molar-refractivity contribution in [1.82, 2.24) is 5.32 Å². The number of fused-ring (bicyclic) bond motifs is 7. The van der Waals surface area contributed by atoms with Crippen molar-refractivity contribution < 1.29 is 4.74 Å². The largest absolute Gasteiger partial charge is 0.378 e. The van der Waals surface area contributed by atoms with Crippen molar-refractivity contribution in [3.63, 3.8) is 0 Å². The molecule has 4 aliphatic carbocycles. The van der Waals surface area contributed by atoms with Crippen LogP contribution in [-0.2, 0) is 4.74 Å². The van der Waals surface area contributed by atoms with Gasteiger partial charge < -0.3 is 10.1 Å². The number of piperidine rings is 1. The molecule has 2 saturated heterocycles. The molecule has 8 unspecified atom stereocenters. The fourth-order valence-corrected chi connectivity index (χ4v) is 13.5. The Morgan fingerprint density at radius 1 is 0.755 bits per heavy atom. The van der Waals surface area contributed by atoms with Gasteiger partial charge in [-0.15, -0.1) is 0 Å². The number of nitrogens with one attached hydrogen (secondary N) is 1. The quantitative estimate of drug-likeness (QED) is 0.108. The van der Waals surface area contributed by atoms with Crippen LogP contribution < -0.4 is 5.32 Å². The van der Waals surface area contributed by atoms with Gasteiger partial charge in [-0.25, -0.2) is 0 Å². The van der Waals surface area contributed by atoms with Crippen molar-refractivity contribution in [2.75, 3.05) is 6.61 Å². The topological polar surface area (TPSA) is 21.3 Å². The molecule has 0 amide bonds. The molecule has 0 aromatic carbocycles. The molecule has 2 nitrogen and oxygen atoms in total. The second-order valence-corrected chi connectivity index (χ2v) is 19.9. The third-order valence-corrected chi connectivity index (χ3v) is 17.1. The molecule has 0 radical (unpaired) electrons. The summed E-state index contributed by atoms with van der Waals surface area (Å²) >= 11 is 0. The smallest absolute Gasteiger partial charge is 0.0604 e. The molecule has 2 heteroatoms. The lowest BCUT2D eigenvalue weighted by Crippen LogP contribution is -2.52. The van der Waals surface area contributed by atoms with Crippen LogP contribution in [0.5, 0.6) is 0 Å².